The Morgan fingerprint density at radius 3 is 2.46 bits per heavy atom. The number of ether oxygens (including phenoxy) is 2. The van der Waals surface area contributed by atoms with E-state index in [4.69, 9.17) is 9.47 Å². The van der Waals surface area contributed by atoms with E-state index in [1.807, 2.05) is 65.3 Å². The number of rotatable bonds is 3. The minimum absolute atomic E-state index is 0.00318. The predicted octanol–water partition coefficient (Wildman–Crippen LogP) is 5.56. The molecule has 1 aliphatic carbocycles. The summed E-state index contributed by atoms with van der Waals surface area (Å²) in [5, 5.41) is 0. The van der Waals surface area contributed by atoms with E-state index in [-0.39, 0.29) is 24.0 Å². The van der Waals surface area contributed by atoms with Crippen LogP contribution in [0, 0.1) is 0 Å². The monoisotopic (exact) mass is 478 g/mol. The van der Waals surface area contributed by atoms with Crippen molar-refractivity contribution in [1.82, 2.24) is 9.80 Å². The highest BCUT2D eigenvalue weighted by Gasteiger charge is 2.36. The van der Waals surface area contributed by atoms with Crippen molar-refractivity contribution in [2.75, 3.05) is 26.7 Å². The summed E-state index contributed by atoms with van der Waals surface area (Å²) in [5.74, 6) is 1.24. The summed E-state index contributed by atoms with van der Waals surface area (Å²) < 4.78 is 12.1. The molecule has 6 heteroatoms. The molecule has 35 heavy (non-hydrogen) atoms. The van der Waals surface area contributed by atoms with Gasteiger partial charge >= 0.3 is 0 Å². The van der Waals surface area contributed by atoms with Crippen LogP contribution in [0.1, 0.15) is 79.0 Å². The molecule has 1 heterocycles. The van der Waals surface area contributed by atoms with Gasteiger partial charge in [0.15, 0.2) is 0 Å². The van der Waals surface area contributed by atoms with E-state index in [1.54, 1.807) is 7.11 Å². The smallest absolute Gasteiger partial charge is 0.257 e. The normalized spacial score (nSPS) is 21.8. The molecule has 0 spiro atoms. The molecule has 1 saturated carbocycles. The molecule has 0 aromatic heterocycles. The molecule has 2 atom stereocenters. The van der Waals surface area contributed by atoms with Crippen molar-refractivity contribution in [2.45, 2.75) is 70.4 Å². The number of para-hydroxylation sites is 2. The number of carbonyl (C=O) groups excluding carboxylic acids is 2. The average molecular weight is 479 g/mol. The van der Waals surface area contributed by atoms with Crippen molar-refractivity contribution in [2.24, 2.45) is 0 Å². The molecule has 4 rings (SSSR count). The molecule has 0 bridgehead atoms. The van der Waals surface area contributed by atoms with Crippen LogP contribution in [-0.4, -0.2) is 60.5 Å². The quantitative estimate of drug-likeness (QED) is 0.579. The van der Waals surface area contributed by atoms with Crippen LogP contribution < -0.4 is 9.47 Å². The van der Waals surface area contributed by atoms with Crippen LogP contribution in [0.5, 0.6) is 11.5 Å². The fourth-order valence-electron chi connectivity index (χ4n) is 5.39. The molecule has 0 N–H and O–H groups in total. The van der Waals surface area contributed by atoms with Gasteiger partial charge in [-0.2, -0.15) is 0 Å². The number of amides is 2. The van der Waals surface area contributed by atoms with Crippen LogP contribution in [0.3, 0.4) is 0 Å². The van der Waals surface area contributed by atoms with Gasteiger partial charge in [-0.25, -0.2) is 0 Å². The lowest BCUT2D eigenvalue weighted by atomic mass is 9.90. The van der Waals surface area contributed by atoms with E-state index >= 15 is 0 Å². The molecular formula is C29H38N2O4. The molecule has 0 saturated heterocycles. The Balaban J connectivity index is 1.69. The van der Waals surface area contributed by atoms with Crippen molar-refractivity contribution < 1.29 is 19.1 Å². The predicted molar refractivity (Wildman–Crippen MR) is 137 cm³/mol. The standard InChI is InChI=1S/C29H38N2O4/c1-3-30-20-12-4-5-13-21-31(29(33)22-14-6-9-17-25(22)34-2)24-16-8-11-19-27(24)35-26-18-10-7-15-23(26)28(30)32/h6-7,9-10,14-15,17-18,24,27H,3-5,8,11-13,16,19-21H2,1-2H3/t24-,27+/m1/s1. The van der Waals surface area contributed by atoms with Crippen molar-refractivity contribution in [3.8, 4) is 11.5 Å². The van der Waals surface area contributed by atoms with Gasteiger partial charge in [0, 0.05) is 19.6 Å². The molecule has 2 aromatic rings. The van der Waals surface area contributed by atoms with Crippen LogP contribution >= 0.6 is 0 Å². The van der Waals surface area contributed by atoms with E-state index in [0.29, 0.717) is 35.7 Å². The Morgan fingerprint density at radius 1 is 0.943 bits per heavy atom. The van der Waals surface area contributed by atoms with Gasteiger partial charge in [-0.15, -0.1) is 0 Å². The largest absolute Gasteiger partial charge is 0.496 e. The van der Waals surface area contributed by atoms with Gasteiger partial charge in [-0.3, -0.25) is 9.59 Å². The highest BCUT2D eigenvalue weighted by Crippen LogP contribution is 2.32. The molecule has 2 aromatic carbocycles. The topological polar surface area (TPSA) is 59.1 Å². The second kappa shape index (κ2) is 12.1. The zero-order valence-electron chi connectivity index (χ0n) is 21.1. The van der Waals surface area contributed by atoms with Gasteiger partial charge in [-0.05, 0) is 63.3 Å². The van der Waals surface area contributed by atoms with E-state index in [1.165, 1.54) is 0 Å². The van der Waals surface area contributed by atoms with E-state index < -0.39 is 0 Å². The summed E-state index contributed by atoms with van der Waals surface area (Å²) in [6.45, 7) is 4.14. The number of benzene rings is 2. The summed E-state index contributed by atoms with van der Waals surface area (Å²) in [5.41, 5.74) is 1.20. The molecule has 0 unspecified atom stereocenters. The zero-order valence-corrected chi connectivity index (χ0v) is 21.1. The van der Waals surface area contributed by atoms with Crippen molar-refractivity contribution in [3.63, 3.8) is 0 Å². The van der Waals surface area contributed by atoms with Gasteiger partial charge < -0.3 is 19.3 Å². The molecule has 1 aliphatic heterocycles. The summed E-state index contributed by atoms with van der Waals surface area (Å²) >= 11 is 0. The van der Waals surface area contributed by atoms with Crippen molar-refractivity contribution in [3.05, 3.63) is 59.7 Å². The first-order chi connectivity index (χ1) is 17.1. The Bertz CT molecular complexity index is 1010. The molecule has 2 aliphatic rings. The average Bonchev–Trinajstić information content (AvgIpc) is 2.90. The van der Waals surface area contributed by atoms with Crippen LogP contribution in [0.2, 0.25) is 0 Å². The summed E-state index contributed by atoms with van der Waals surface area (Å²) in [6.07, 6.45) is 7.65. The molecule has 0 radical (unpaired) electrons. The van der Waals surface area contributed by atoms with E-state index in [0.717, 1.165) is 57.9 Å². The highest BCUT2D eigenvalue weighted by atomic mass is 16.5. The van der Waals surface area contributed by atoms with Crippen molar-refractivity contribution >= 4 is 11.8 Å². The SMILES string of the molecule is CCN1CCCCCCN(C(=O)c2ccccc2OC)[C@@H]2CCCC[C@@H]2Oc2ccccc2C1=O. The lowest BCUT2D eigenvalue weighted by Crippen LogP contribution is -2.51. The third-order valence-corrected chi connectivity index (χ3v) is 7.31. The lowest BCUT2D eigenvalue weighted by Gasteiger charge is -2.40. The second-order valence-electron chi connectivity index (χ2n) is 9.50. The minimum atomic E-state index is -0.158. The second-order valence-corrected chi connectivity index (χ2v) is 9.50. The Hall–Kier alpha value is -3.02. The fraction of sp³-hybridized carbons (Fsp3) is 0.517. The maximum atomic E-state index is 13.9. The highest BCUT2D eigenvalue weighted by molar-refractivity contribution is 5.97. The third kappa shape index (κ3) is 5.80. The lowest BCUT2D eigenvalue weighted by molar-refractivity contribution is 0.0265. The number of hydrogen-bond donors (Lipinski definition) is 0. The fourth-order valence-corrected chi connectivity index (χ4v) is 5.39. The van der Waals surface area contributed by atoms with Gasteiger partial charge in [0.05, 0.1) is 24.3 Å². The summed E-state index contributed by atoms with van der Waals surface area (Å²) in [4.78, 5) is 31.2. The van der Waals surface area contributed by atoms with Crippen molar-refractivity contribution in [1.29, 1.82) is 0 Å². The first-order valence-electron chi connectivity index (χ1n) is 13.1. The molecule has 6 nitrogen and oxygen atoms in total. The van der Waals surface area contributed by atoms with Gasteiger partial charge in [-0.1, -0.05) is 43.5 Å². The Labute approximate surface area is 209 Å². The van der Waals surface area contributed by atoms with Crippen LogP contribution in [0.25, 0.3) is 0 Å². The first kappa shape index (κ1) is 25.1. The number of methoxy groups -OCH3 is 1. The number of fused-ring (bicyclic) bond motifs is 2. The van der Waals surface area contributed by atoms with Crippen LogP contribution in [0.15, 0.2) is 48.5 Å². The Kier molecular flexibility index (Phi) is 8.67. The molecule has 188 valence electrons. The maximum Gasteiger partial charge on any atom is 0.257 e. The molecular weight excluding hydrogens is 440 g/mol. The van der Waals surface area contributed by atoms with E-state index in [9.17, 15) is 9.59 Å². The van der Waals surface area contributed by atoms with Gasteiger partial charge in [0.25, 0.3) is 11.8 Å². The summed E-state index contributed by atoms with van der Waals surface area (Å²) in [6, 6.07) is 15.0. The third-order valence-electron chi connectivity index (χ3n) is 7.31. The minimum Gasteiger partial charge on any atom is -0.496 e. The van der Waals surface area contributed by atoms with Gasteiger partial charge in [0.2, 0.25) is 0 Å². The Morgan fingerprint density at radius 2 is 1.66 bits per heavy atom. The molecule has 1 fully saturated rings. The van der Waals surface area contributed by atoms with Crippen LogP contribution in [0.4, 0.5) is 0 Å². The number of nitrogens with zero attached hydrogens (tertiary/aromatic N) is 2. The maximum absolute atomic E-state index is 13.9. The van der Waals surface area contributed by atoms with E-state index in [2.05, 4.69) is 0 Å². The number of hydrogen-bond acceptors (Lipinski definition) is 4. The number of carbonyl (C=O) groups is 2. The van der Waals surface area contributed by atoms with Crippen LogP contribution in [-0.2, 0) is 0 Å². The molecule has 2 amide bonds. The van der Waals surface area contributed by atoms with Gasteiger partial charge in [0.1, 0.15) is 17.6 Å². The first-order valence-corrected chi connectivity index (χ1v) is 13.1. The zero-order chi connectivity index (χ0) is 24.6. The summed E-state index contributed by atoms with van der Waals surface area (Å²) in [7, 11) is 1.61.